The molecule has 1 aliphatic heterocycles. The van der Waals surface area contributed by atoms with Crippen molar-refractivity contribution in [1.29, 1.82) is 0 Å². The zero-order chi connectivity index (χ0) is 22.9. The van der Waals surface area contributed by atoms with Crippen molar-refractivity contribution >= 4 is 39.9 Å². The maximum absolute atomic E-state index is 13.1. The van der Waals surface area contributed by atoms with Crippen molar-refractivity contribution in [3.63, 3.8) is 0 Å². The highest BCUT2D eigenvalue weighted by atomic mass is 35.5. The Morgan fingerprint density at radius 1 is 1.21 bits per heavy atom. The molecular weight excluding hydrogens is 465 g/mol. The van der Waals surface area contributed by atoms with Crippen molar-refractivity contribution in [2.45, 2.75) is 32.3 Å². The summed E-state index contributed by atoms with van der Waals surface area (Å²) in [5.74, 6) is 1.10. The second-order valence-corrected chi connectivity index (χ2v) is 9.52. The summed E-state index contributed by atoms with van der Waals surface area (Å²) in [6.45, 7) is 3.32. The Bertz CT molecular complexity index is 1300. The van der Waals surface area contributed by atoms with E-state index in [4.69, 9.17) is 20.8 Å². The molecule has 0 bridgehead atoms. The highest BCUT2D eigenvalue weighted by molar-refractivity contribution is 7.13. The third kappa shape index (κ3) is 4.72. The van der Waals surface area contributed by atoms with E-state index in [1.54, 1.807) is 24.3 Å². The molecule has 4 aromatic rings. The molecule has 170 valence electrons. The number of likely N-dealkylation sites (tertiary alicyclic amines) is 1. The van der Waals surface area contributed by atoms with Crippen LogP contribution in [0.2, 0.25) is 5.02 Å². The van der Waals surface area contributed by atoms with Crippen molar-refractivity contribution in [3.05, 3.63) is 74.8 Å². The molecule has 33 heavy (non-hydrogen) atoms. The molecule has 1 aliphatic rings. The summed E-state index contributed by atoms with van der Waals surface area (Å²) in [4.78, 5) is 24.7. The average molecular weight is 486 g/mol. The number of thiazole rings is 1. The molecule has 0 spiro atoms. The van der Waals surface area contributed by atoms with Crippen molar-refractivity contribution in [3.8, 4) is 5.75 Å². The number of piperidine rings is 1. The van der Waals surface area contributed by atoms with Gasteiger partial charge in [-0.2, -0.15) is 0 Å². The van der Waals surface area contributed by atoms with E-state index in [2.05, 4.69) is 9.97 Å². The van der Waals surface area contributed by atoms with Gasteiger partial charge in [-0.15, -0.1) is 11.3 Å². The number of rotatable bonds is 5. The molecule has 1 amide bonds. The number of amides is 1. The fraction of sp³-hybridized carbons (Fsp3) is 0.292. The molecule has 1 fully saturated rings. The summed E-state index contributed by atoms with van der Waals surface area (Å²) >= 11 is 7.39. The van der Waals surface area contributed by atoms with Gasteiger partial charge in [0, 0.05) is 24.0 Å². The zero-order valence-electron chi connectivity index (χ0n) is 17.9. The van der Waals surface area contributed by atoms with Gasteiger partial charge in [-0.05, 0) is 62.2 Å². The Morgan fingerprint density at radius 2 is 1.97 bits per heavy atom. The minimum Gasteiger partial charge on any atom is -0.486 e. The van der Waals surface area contributed by atoms with Gasteiger partial charge in [0.25, 0.3) is 5.91 Å². The molecule has 0 unspecified atom stereocenters. The Morgan fingerprint density at radius 3 is 2.73 bits per heavy atom. The molecule has 2 aromatic heterocycles. The van der Waals surface area contributed by atoms with E-state index in [0.717, 1.165) is 23.9 Å². The van der Waals surface area contributed by atoms with Gasteiger partial charge in [0.15, 0.2) is 11.5 Å². The van der Waals surface area contributed by atoms with E-state index in [-0.39, 0.29) is 24.2 Å². The van der Waals surface area contributed by atoms with Crippen molar-refractivity contribution in [2.24, 2.45) is 0 Å². The zero-order valence-corrected chi connectivity index (χ0v) is 19.5. The van der Waals surface area contributed by atoms with Crippen LogP contribution in [0.5, 0.6) is 5.75 Å². The van der Waals surface area contributed by atoms with E-state index in [1.165, 1.54) is 23.5 Å². The monoisotopic (exact) mass is 485 g/mol. The first-order valence-corrected chi connectivity index (χ1v) is 11.9. The van der Waals surface area contributed by atoms with Gasteiger partial charge in [0.05, 0.1) is 5.69 Å². The number of aromatic nitrogens is 2. The number of ether oxygens (including phenoxy) is 1. The van der Waals surface area contributed by atoms with Crippen LogP contribution < -0.4 is 4.74 Å². The minimum atomic E-state index is -0.315. The van der Waals surface area contributed by atoms with Crippen molar-refractivity contribution in [1.82, 2.24) is 14.9 Å². The predicted octanol–water partition coefficient (Wildman–Crippen LogP) is 5.98. The molecular formula is C24H21ClFN3O3S. The van der Waals surface area contributed by atoms with Crippen molar-refractivity contribution in [2.75, 3.05) is 13.1 Å². The molecule has 3 heterocycles. The summed E-state index contributed by atoms with van der Waals surface area (Å²) in [5, 5.41) is 1.34. The number of halogens is 2. The van der Waals surface area contributed by atoms with E-state index in [1.807, 2.05) is 17.9 Å². The number of fused-ring (bicyclic) bond motifs is 1. The Labute approximate surface area is 199 Å². The van der Waals surface area contributed by atoms with Gasteiger partial charge in [0.1, 0.15) is 33.6 Å². The molecule has 9 heteroatoms. The number of nitrogens with zero attached hydrogens (tertiary/aromatic N) is 3. The SMILES string of the molecule is Cc1nc(COc2ccc(F)cc2)sc1C(=O)N1CCC(c2nc3cc(Cl)ccc3o2)CC1. The highest BCUT2D eigenvalue weighted by Gasteiger charge is 2.29. The maximum Gasteiger partial charge on any atom is 0.265 e. The van der Waals surface area contributed by atoms with Gasteiger partial charge in [-0.3, -0.25) is 4.79 Å². The van der Waals surface area contributed by atoms with Crippen molar-refractivity contribution < 1.29 is 18.3 Å². The number of oxazole rings is 1. The van der Waals surface area contributed by atoms with Crippen LogP contribution in [0.1, 0.15) is 45.0 Å². The van der Waals surface area contributed by atoms with Gasteiger partial charge in [-0.1, -0.05) is 11.6 Å². The lowest BCUT2D eigenvalue weighted by Gasteiger charge is -2.30. The van der Waals surface area contributed by atoms with E-state index in [0.29, 0.717) is 45.3 Å². The quantitative estimate of drug-likeness (QED) is 0.347. The first-order valence-electron chi connectivity index (χ1n) is 10.7. The normalized spacial score (nSPS) is 14.7. The first kappa shape index (κ1) is 21.9. The number of hydrogen-bond donors (Lipinski definition) is 0. The number of hydrogen-bond acceptors (Lipinski definition) is 6. The molecule has 0 saturated carbocycles. The largest absolute Gasteiger partial charge is 0.486 e. The lowest BCUT2D eigenvalue weighted by atomic mass is 9.96. The number of carbonyl (C=O) groups is 1. The van der Waals surface area contributed by atoms with Crippen LogP contribution in [0.4, 0.5) is 4.39 Å². The average Bonchev–Trinajstić information content (AvgIpc) is 3.41. The molecule has 1 saturated heterocycles. The molecule has 0 atom stereocenters. The summed E-state index contributed by atoms with van der Waals surface area (Å²) in [6.07, 6.45) is 1.56. The molecule has 0 radical (unpaired) electrons. The number of carbonyl (C=O) groups excluding carboxylic acids is 1. The van der Waals surface area contributed by atoms with Crippen LogP contribution in [-0.4, -0.2) is 33.9 Å². The second-order valence-electron chi connectivity index (χ2n) is 8.00. The van der Waals surface area contributed by atoms with Crippen LogP contribution in [0.25, 0.3) is 11.1 Å². The van der Waals surface area contributed by atoms with Crippen LogP contribution in [0, 0.1) is 12.7 Å². The molecule has 2 aromatic carbocycles. The molecule has 5 rings (SSSR count). The van der Waals surface area contributed by atoms with Gasteiger partial charge >= 0.3 is 0 Å². The lowest BCUT2D eigenvalue weighted by molar-refractivity contribution is 0.0710. The summed E-state index contributed by atoms with van der Waals surface area (Å²) in [5.41, 5.74) is 2.18. The lowest BCUT2D eigenvalue weighted by Crippen LogP contribution is -2.37. The van der Waals surface area contributed by atoms with E-state index < -0.39 is 0 Å². The topological polar surface area (TPSA) is 68.5 Å². The fourth-order valence-electron chi connectivity index (χ4n) is 3.95. The van der Waals surface area contributed by atoms with Crippen LogP contribution >= 0.6 is 22.9 Å². The Kier molecular flexibility index (Phi) is 6.03. The summed E-state index contributed by atoms with van der Waals surface area (Å²) in [6, 6.07) is 11.2. The standard InChI is InChI=1S/C24H21ClFN3O3S/c1-14-22(33-21(27-14)13-31-18-5-3-17(26)4-6-18)24(30)29-10-8-15(9-11-29)23-28-19-12-16(25)2-7-20(19)32-23/h2-7,12,15H,8-11,13H2,1H3. The molecule has 6 nitrogen and oxygen atoms in total. The maximum atomic E-state index is 13.1. The third-order valence-corrected chi connectivity index (χ3v) is 7.06. The van der Waals surface area contributed by atoms with Crippen LogP contribution in [-0.2, 0) is 6.61 Å². The van der Waals surface area contributed by atoms with Gasteiger partial charge in [-0.25, -0.2) is 14.4 Å². The predicted molar refractivity (Wildman–Crippen MR) is 124 cm³/mol. The smallest absolute Gasteiger partial charge is 0.265 e. The van der Waals surface area contributed by atoms with Gasteiger partial charge < -0.3 is 14.1 Å². The number of benzene rings is 2. The fourth-order valence-corrected chi connectivity index (χ4v) is 5.07. The Hall–Kier alpha value is -2.97. The number of aryl methyl sites for hydroxylation is 1. The van der Waals surface area contributed by atoms with E-state index in [9.17, 15) is 9.18 Å². The summed E-state index contributed by atoms with van der Waals surface area (Å²) < 4.78 is 24.6. The molecule has 0 aliphatic carbocycles. The molecule has 0 N–H and O–H groups in total. The van der Waals surface area contributed by atoms with Gasteiger partial charge in [0.2, 0.25) is 0 Å². The Balaban J connectivity index is 1.21. The second kappa shape index (κ2) is 9.11. The highest BCUT2D eigenvalue weighted by Crippen LogP contribution is 2.32. The van der Waals surface area contributed by atoms with Crippen LogP contribution in [0.15, 0.2) is 46.9 Å². The van der Waals surface area contributed by atoms with Crippen LogP contribution in [0.3, 0.4) is 0 Å². The minimum absolute atomic E-state index is 0.0131. The summed E-state index contributed by atoms with van der Waals surface area (Å²) in [7, 11) is 0. The third-order valence-electron chi connectivity index (χ3n) is 5.71. The van der Waals surface area contributed by atoms with E-state index >= 15 is 0 Å². The first-order chi connectivity index (χ1) is 16.0.